The van der Waals surface area contributed by atoms with Gasteiger partial charge in [-0.3, -0.25) is 4.79 Å². The summed E-state index contributed by atoms with van der Waals surface area (Å²) in [6.45, 7) is 1.38. The summed E-state index contributed by atoms with van der Waals surface area (Å²) in [4.78, 5) is 18.8. The Kier molecular flexibility index (Phi) is 5.20. The van der Waals surface area contributed by atoms with Crippen LogP contribution in [0.1, 0.15) is 44.3 Å². The monoisotopic (exact) mass is 250 g/mol. The maximum atomic E-state index is 11.7. The Morgan fingerprint density at radius 2 is 2.22 bits per heavy atom. The van der Waals surface area contributed by atoms with E-state index in [1.807, 2.05) is 0 Å². The number of nitrogens with one attached hydrogen (secondary N) is 3. The minimum atomic E-state index is 0.161. The van der Waals surface area contributed by atoms with Crippen LogP contribution in [0.4, 0.5) is 0 Å². The molecule has 1 aliphatic carbocycles. The van der Waals surface area contributed by atoms with Crippen molar-refractivity contribution in [2.75, 3.05) is 6.54 Å². The van der Waals surface area contributed by atoms with Crippen molar-refractivity contribution in [2.45, 2.75) is 51.1 Å². The van der Waals surface area contributed by atoms with Gasteiger partial charge in [0, 0.05) is 31.4 Å². The van der Waals surface area contributed by atoms with Crippen molar-refractivity contribution < 1.29 is 4.79 Å². The van der Waals surface area contributed by atoms with Crippen LogP contribution in [0.3, 0.4) is 0 Å². The lowest BCUT2D eigenvalue weighted by atomic mass is 9.95. The van der Waals surface area contributed by atoms with Crippen LogP contribution in [-0.4, -0.2) is 28.5 Å². The first-order valence-electron chi connectivity index (χ1n) is 6.83. The van der Waals surface area contributed by atoms with Crippen LogP contribution in [0.15, 0.2) is 12.4 Å². The van der Waals surface area contributed by atoms with Gasteiger partial charge in [-0.2, -0.15) is 0 Å². The van der Waals surface area contributed by atoms with Crippen LogP contribution in [0.25, 0.3) is 0 Å². The topological polar surface area (TPSA) is 69.8 Å². The molecular formula is C13H22N4O. The van der Waals surface area contributed by atoms with E-state index in [1.54, 1.807) is 12.4 Å². The molecule has 5 nitrogen and oxygen atoms in total. The molecule has 1 amide bonds. The Morgan fingerprint density at radius 1 is 1.39 bits per heavy atom. The molecule has 1 aliphatic rings. The number of carbonyl (C=O) groups excluding carboxylic acids is 1. The van der Waals surface area contributed by atoms with E-state index >= 15 is 0 Å². The van der Waals surface area contributed by atoms with Crippen molar-refractivity contribution in [3.8, 4) is 0 Å². The van der Waals surface area contributed by atoms with Gasteiger partial charge in [0.1, 0.15) is 5.82 Å². The first kappa shape index (κ1) is 13.1. The molecule has 3 N–H and O–H groups in total. The maximum absolute atomic E-state index is 11.7. The van der Waals surface area contributed by atoms with E-state index in [0.29, 0.717) is 25.6 Å². The number of carbonyl (C=O) groups is 1. The van der Waals surface area contributed by atoms with E-state index < -0.39 is 0 Å². The average molecular weight is 250 g/mol. The fourth-order valence-corrected chi connectivity index (χ4v) is 2.35. The van der Waals surface area contributed by atoms with Crippen LogP contribution in [0, 0.1) is 0 Å². The van der Waals surface area contributed by atoms with Crippen molar-refractivity contribution in [3.05, 3.63) is 18.2 Å². The maximum Gasteiger partial charge on any atom is 0.221 e. The van der Waals surface area contributed by atoms with Gasteiger partial charge < -0.3 is 15.6 Å². The highest BCUT2D eigenvalue weighted by Crippen LogP contribution is 2.17. The predicted octanol–water partition coefficient (Wildman–Crippen LogP) is 1.34. The summed E-state index contributed by atoms with van der Waals surface area (Å²) < 4.78 is 0. The highest BCUT2D eigenvalue weighted by molar-refractivity contribution is 5.76. The van der Waals surface area contributed by atoms with Crippen molar-refractivity contribution in [2.24, 2.45) is 0 Å². The van der Waals surface area contributed by atoms with E-state index in [2.05, 4.69) is 20.6 Å². The summed E-state index contributed by atoms with van der Waals surface area (Å²) in [5.74, 6) is 1.07. The van der Waals surface area contributed by atoms with Crippen molar-refractivity contribution in [3.63, 3.8) is 0 Å². The number of H-pyrrole nitrogens is 1. The van der Waals surface area contributed by atoms with Crippen molar-refractivity contribution in [1.29, 1.82) is 0 Å². The lowest BCUT2D eigenvalue weighted by molar-refractivity contribution is -0.121. The van der Waals surface area contributed by atoms with Crippen LogP contribution < -0.4 is 10.6 Å². The predicted molar refractivity (Wildman–Crippen MR) is 69.9 cm³/mol. The molecule has 0 aliphatic heterocycles. The second kappa shape index (κ2) is 7.16. The average Bonchev–Trinajstić information content (AvgIpc) is 2.89. The number of amides is 1. The van der Waals surface area contributed by atoms with Gasteiger partial charge >= 0.3 is 0 Å². The molecular weight excluding hydrogens is 228 g/mol. The van der Waals surface area contributed by atoms with Gasteiger partial charge in [0.2, 0.25) is 5.91 Å². The highest BCUT2D eigenvalue weighted by Gasteiger charge is 2.14. The number of nitrogens with zero attached hydrogens (tertiary/aromatic N) is 1. The third kappa shape index (κ3) is 4.49. The Balaban J connectivity index is 1.54. The van der Waals surface area contributed by atoms with Gasteiger partial charge in [-0.25, -0.2) is 4.98 Å². The first-order valence-corrected chi connectivity index (χ1v) is 6.83. The summed E-state index contributed by atoms with van der Waals surface area (Å²) in [6.07, 6.45) is 10.2. The Morgan fingerprint density at radius 3 is 2.94 bits per heavy atom. The smallest absolute Gasteiger partial charge is 0.221 e. The largest absolute Gasteiger partial charge is 0.353 e. The number of hydrogen-bond acceptors (Lipinski definition) is 3. The van der Waals surface area contributed by atoms with E-state index in [1.165, 1.54) is 19.3 Å². The summed E-state index contributed by atoms with van der Waals surface area (Å²) in [5.41, 5.74) is 0. The van der Waals surface area contributed by atoms with Gasteiger partial charge in [0.15, 0.2) is 0 Å². The number of aromatic amines is 1. The summed E-state index contributed by atoms with van der Waals surface area (Å²) >= 11 is 0. The van der Waals surface area contributed by atoms with Gasteiger partial charge in [0.25, 0.3) is 0 Å². The molecule has 0 aromatic carbocycles. The third-order valence-electron chi connectivity index (χ3n) is 3.35. The molecule has 0 saturated heterocycles. The SMILES string of the molecule is O=C(CCNCc1ncc[nH]1)NC1CCCCC1. The molecule has 0 unspecified atom stereocenters. The number of hydrogen-bond donors (Lipinski definition) is 3. The molecule has 18 heavy (non-hydrogen) atoms. The van der Waals surface area contributed by atoms with Crippen LogP contribution >= 0.6 is 0 Å². The minimum absolute atomic E-state index is 0.161. The summed E-state index contributed by atoms with van der Waals surface area (Å²) in [5, 5.41) is 6.31. The van der Waals surface area contributed by atoms with Gasteiger partial charge in [-0.05, 0) is 12.8 Å². The van der Waals surface area contributed by atoms with Gasteiger partial charge in [-0.1, -0.05) is 19.3 Å². The zero-order valence-electron chi connectivity index (χ0n) is 10.7. The molecule has 2 rings (SSSR count). The molecule has 1 fully saturated rings. The van der Waals surface area contributed by atoms with E-state index in [0.717, 1.165) is 18.7 Å². The van der Waals surface area contributed by atoms with E-state index in [4.69, 9.17) is 0 Å². The molecule has 0 radical (unpaired) electrons. The second-order valence-electron chi connectivity index (χ2n) is 4.87. The second-order valence-corrected chi connectivity index (χ2v) is 4.87. The van der Waals surface area contributed by atoms with Crippen molar-refractivity contribution in [1.82, 2.24) is 20.6 Å². The number of rotatable bonds is 6. The molecule has 1 aromatic rings. The van der Waals surface area contributed by atoms with Gasteiger partial charge in [0.05, 0.1) is 6.54 Å². The normalized spacial score (nSPS) is 16.7. The summed E-state index contributed by atoms with van der Waals surface area (Å²) in [7, 11) is 0. The zero-order chi connectivity index (χ0) is 12.6. The zero-order valence-corrected chi connectivity index (χ0v) is 10.7. The molecule has 1 heterocycles. The lowest BCUT2D eigenvalue weighted by Gasteiger charge is -2.22. The molecule has 0 atom stereocenters. The Bertz CT molecular complexity index is 344. The molecule has 0 bridgehead atoms. The van der Waals surface area contributed by atoms with Crippen LogP contribution in [-0.2, 0) is 11.3 Å². The lowest BCUT2D eigenvalue weighted by Crippen LogP contribution is -2.37. The Labute approximate surface area is 108 Å². The summed E-state index contributed by atoms with van der Waals surface area (Å²) in [6, 6.07) is 0.413. The van der Waals surface area contributed by atoms with Gasteiger partial charge in [-0.15, -0.1) is 0 Å². The quantitative estimate of drug-likeness (QED) is 0.667. The molecule has 1 saturated carbocycles. The highest BCUT2D eigenvalue weighted by atomic mass is 16.1. The van der Waals surface area contributed by atoms with E-state index in [-0.39, 0.29) is 5.91 Å². The molecule has 1 aromatic heterocycles. The first-order chi connectivity index (χ1) is 8.84. The fraction of sp³-hybridized carbons (Fsp3) is 0.692. The minimum Gasteiger partial charge on any atom is -0.353 e. The fourth-order valence-electron chi connectivity index (χ4n) is 2.35. The molecule has 0 spiro atoms. The van der Waals surface area contributed by atoms with Crippen LogP contribution in [0.5, 0.6) is 0 Å². The molecule has 5 heteroatoms. The standard InChI is InChI=1S/C13H22N4O/c18-13(17-11-4-2-1-3-5-11)6-7-14-10-12-15-8-9-16-12/h8-9,11,14H,1-7,10H2,(H,15,16)(H,17,18). The van der Waals surface area contributed by atoms with Crippen molar-refractivity contribution >= 4 is 5.91 Å². The van der Waals surface area contributed by atoms with Crippen LogP contribution in [0.2, 0.25) is 0 Å². The number of aromatic nitrogens is 2. The Hall–Kier alpha value is -1.36. The third-order valence-corrected chi connectivity index (χ3v) is 3.35. The van der Waals surface area contributed by atoms with E-state index in [9.17, 15) is 4.79 Å². The molecule has 100 valence electrons. The number of imidazole rings is 1.